The van der Waals surface area contributed by atoms with Crippen LogP contribution in [0.5, 0.6) is 0 Å². The maximum atomic E-state index is 13.4. The van der Waals surface area contributed by atoms with Gasteiger partial charge in [-0.3, -0.25) is 4.79 Å². The normalized spacial score (nSPS) is 10.4. The van der Waals surface area contributed by atoms with Crippen molar-refractivity contribution in [2.24, 2.45) is 0 Å². The number of aryl methyl sites for hydroxylation is 1. The van der Waals surface area contributed by atoms with Gasteiger partial charge >= 0.3 is 0 Å². The summed E-state index contributed by atoms with van der Waals surface area (Å²) in [5.74, 6) is -3.72. The third-order valence-corrected chi connectivity index (χ3v) is 2.78. The summed E-state index contributed by atoms with van der Waals surface area (Å²) in [6.07, 6.45) is -0.494. The first kappa shape index (κ1) is 14.1. The fourth-order valence-corrected chi connectivity index (χ4v) is 1.74. The summed E-state index contributed by atoms with van der Waals surface area (Å²) >= 11 is 0. The fraction of sp³-hybridized carbons (Fsp3) is 0.133. The van der Waals surface area contributed by atoms with E-state index < -0.39 is 35.3 Å². The number of carbonyl (C=O) groups excluding carboxylic acids is 1. The second-order valence-electron chi connectivity index (χ2n) is 4.44. The summed E-state index contributed by atoms with van der Waals surface area (Å²) in [5, 5.41) is 2.52. The molecule has 2 nitrogen and oxygen atoms in total. The predicted octanol–water partition coefficient (Wildman–Crippen LogP) is 3.59. The van der Waals surface area contributed by atoms with Gasteiger partial charge in [-0.2, -0.15) is 0 Å². The number of halogens is 3. The number of benzene rings is 2. The molecule has 1 amide bonds. The molecule has 0 aliphatic carbocycles. The van der Waals surface area contributed by atoms with Crippen molar-refractivity contribution in [1.29, 1.82) is 0 Å². The molecule has 0 saturated carbocycles. The van der Waals surface area contributed by atoms with Gasteiger partial charge in [-0.15, -0.1) is 0 Å². The first-order valence-electron chi connectivity index (χ1n) is 5.95. The van der Waals surface area contributed by atoms with Gasteiger partial charge in [-0.1, -0.05) is 17.7 Å². The lowest BCUT2D eigenvalue weighted by molar-refractivity contribution is -0.115. The van der Waals surface area contributed by atoms with Gasteiger partial charge < -0.3 is 5.32 Å². The van der Waals surface area contributed by atoms with Crippen molar-refractivity contribution < 1.29 is 18.0 Å². The minimum absolute atomic E-state index is 0.448. The van der Waals surface area contributed by atoms with Crippen LogP contribution in [0.25, 0.3) is 0 Å². The molecule has 0 spiro atoms. The maximum Gasteiger partial charge on any atom is 0.229 e. The molecule has 0 atom stereocenters. The summed E-state index contributed by atoms with van der Waals surface area (Å²) < 4.78 is 39.6. The van der Waals surface area contributed by atoms with Gasteiger partial charge in [0.05, 0.1) is 6.42 Å². The Bertz CT molecular complexity index is 615. The largest absolute Gasteiger partial charge is 0.326 e. The zero-order valence-corrected chi connectivity index (χ0v) is 10.7. The number of nitrogens with one attached hydrogen (secondary N) is 1. The van der Waals surface area contributed by atoms with Gasteiger partial charge in [0.25, 0.3) is 0 Å². The Hall–Kier alpha value is -2.30. The van der Waals surface area contributed by atoms with Gasteiger partial charge in [-0.05, 0) is 19.1 Å². The highest BCUT2D eigenvalue weighted by Crippen LogP contribution is 2.16. The molecule has 0 aliphatic heterocycles. The minimum Gasteiger partial charge on any atom is -0.326 e. The molecule has 0 fully saturated rings. The van der Waals surface area contributed by atoms with Crippen LogP contribution < -0.4 is 5.32 Å². The van der Waals surface area contributed by atoms with Crippen molar-refractivity contribution in [3.63, 3.8) is 0 Å². The second-order valence-corrected chi connectivity index (χ2v) is 4.44. The van der Waals surface area contributed by atoms with Crippen LogP contribution >= 0.6 is 0 Å². The van der Waals surface area contributed by atoms with Gasteiger partial charge in [0, 0.05) is 23.4 Å². The second kappa shape index (κ2) is 5.77. The molecule has 2 aromatic carbocycles. The Morgan fingerprint density at radius 1 is 1.05 bits per heavy atom. The predicted molar refractivity (Wildman–Crippen MR) is 69.8 cm³/mol. The van der Waals surface area contributed by atoms with Crippen LogP contribution in [-0.2, 0) is 11.2 Å². The molecule has 2 rings (SSSR count). The van der Waals surface area contributed by atoms with Gasteiger partial charge in [-0.25, -0.2) is 13.2 Å². The fourth-order valence-electron chi connectivity index (χ4n) is 1.74. The Kier molecular flexibility index (Phi) is 4.08. The molecule has 5 heteroatoms. The molecule has 0 bridgehead atoms. The SMILES string of the molecule is Cc1ccc(NC(=O)Cc2c(F)cc(F)cc2F)cc1. The number of hydrogen-bond donors (Lipinski definition) is 1. The molecular weight excluding hydrogens is 267 g/mol. The van der Waals surface area contributed by atoms with Crippen LogP contribution in [-0.4, -0.2) is 5.91 Å². The highest BCUT2D eigenvalue weighted by Gasteiger charge is 2.15. The van der Waals surface area contributed by atoms with Gasteiger partial charge in [0.15, 0.2) is 0 Å². The van der Waals surface area contributed by atoms with Gasteiger partial charge in [0.2, 0.25) is 5.91 Å². The highest BCUT2D eigenvalue weighted by molar-refractivity contribution is 5.92. The zero-order valence-electron chi connectivity index (χ0n) is 10.7. The van der Waals surface area contributed by atoms with E-state index in [2.05, 4.69) is 5.32 Å². The van der Waals surface area contributed by atoms with Crippen LogP contribution in [0.1, 0.15) is 11.1 Å². The molecule has 20 heavy (non-hydrogen) atoms. The van der Waals surface area contributed by atoms with Crippen LogP contribution in [0, 0.1) is 24.4 Å². The smallest absolute Gasteiger partial charge is 0.229 e. The average Bonchev–Trinajstić information content (AvgIpc) is 2.36. The summed E-state index contributed by atoms with van der Waals surface area (Å²) in [6.45, 7) is 1.90. The average molecular weight is 279 g/mol. The molecule has 2 aromatic rings. The lowest BCUT2D eigenvalue weighted by Crippen LogP contribution is -2.16. The van der Waals surface area contributed by atoms with Crippen LogP contribution in [0.4, 0.5) is 18.9 Å². The van der Waals surface area contributed by atoms with Crippen molar-refractivity contribution in [3.8, 4) is 0 Å². The van der Waals surface area contributed by atoms with E-state index in [1.165, 1.54) is 0 Å². The van der Waals surface area contributed by atoms with Crippen molar-refractivity contribution >= 4 is 11.6 Å². The zero-order chi connectivity index (χ0) is 14.7. The Morgan fingerprint density at radius 2 is 1.60 bits per heavy atom. The number of hydrogen-bond acceptors (Lipinski definition) is 1. The number of rotatable bonds is 3. The van der Waals surface area contributed by atoms with Crippen molar-refractivity contribution in [3.05, 3.63) is 65.0 Å². The summed E-state index contributed by atoms with van der Waals surface area (Å²) in [4.78, 5) is 11.7. The van der Waals surface area contributed by atoms with E-state index in [-0.39, 0.29) is 0 Å². The van der Waals surface area contributed by atoms with E-state index in [9.17, 15) is 18.0 Å². The summed E-state index contributed by atoms with van der Waals surface area (Å²) in [5.41, 5.74) is 1.11. The Morgan fingerprint density at radius 3 is 2.15 bits per heavy atom. The molecule has 0 aliphatic rings. The van der Waals surface area contributed by atoms with E-state index in [4.69, 9.17) is 0 Å². The van der Waals surface area contributed by atoms with E-state index >= 15 is 0 Å². The van der Waals surface area contributed by atoms with Crippen molar-refractivity contribution in [2.45, 2.75) is 13.3 Å². The molecule has 0 saturated heterocycles. The van der Waals surface area contributed by atoms with Crippen molar-refractivity contribution in [1.82, 2.24) is 0 Å². The van der Waals surface area contributed by atoms with E-state index in [0.29, 0.717) is 17.8 Å². The lowest BCUT2D eigenvalue weighted by Gasteiger charge is -2.07. The third kappa shape index (κ3) is 3.38. The number of amides is 1. The topological polar surface area (TPSA) is 29.1 Å². The third-order valence-electron chi connectivity index (χ3n) is 2.78. The van der Waals surface area contributed by atoms with Crippen LogP contribution in [0.15, 0.2) is 36.4 Å². The first-order valence-corrected chi connectivity index (χ1v) is 5.95. The monoisotopic (exact) mass is 279 g/mol. The molecule has 0 aromatic heterocycles. The van der Waals surface area contributed by atoms with E-state index in [1.807, 2.05) is 6.92 Å². The molecule has 0 heterocycles. The van der Waals surface area contributed by atoms with Gasteiger partial charge in [0.1, 0.15) is 17.5 Å². The number of anilines is 1. The molecule has 0 unspecified atom stereocenters. The van der Waals surface area contributed by atoms with E-state index in [1.54, 1.807) is 24.3 Å². The lowest BCUT2D eigenvalue weighted by atomic mass is 10.1. The molecule has 0 radical (unpaired) electrons. The molecule has 104 valence electrons. The summed E-state index contributed by atoms with van der Waals surface area (Å²) in [6, 6.07) is 8.08. The first-order chi connectivity index (χ1) is 9.45. The minimum atomic E-state index is -1.07. The molecule has 1 N–H and O–H groups in total. The molecular formula is C15H12F3NO. The van der Waals surface area contributed by atoms with Crippen LogP contribution in [0.3, 0.4) is 0 Å². The Balaban J connectivity index is 2.10. The maximum absolute atomic E-state index is 13.4. The highest BCUT2D eigenvalue weighted by atomic mass is 19.1. The summed E-state index contributed by atoms with van der Waals surface area (Å²) in [7, 11) is 0. The number of carbonyl (C=O) groups is 1. The van der Waals surface area contributed by atoms with Crippen molar-refractivity contribution in [2.75, 3.05) is 5.32 Å². The van der Waals surface area contributed by atoms with E-state index in [0.717, 1.165) is 5.56 Å². The Labute approximate surface area is 114 Å². The van der Waals surface area contributed by atoms with Crippen LogP contribution in [0.2, 0.25) is 0 Å². The quantitative estimate of drug-likeness (QED) is 0.914. The standard InChI is InChI=1S/C15H12F3NO/c1-9-2-4-11(5-3-9)19-15(20)8-12-13(17)6-10(16)7-14(12)18/h2-7H,8H2,1H3,(H,19,20).